The van der Waals surface area contributed by atoms with Gasteiger partial charge < -0.3 is 9.80 Å². The molecule has 2 saturated heterocycles. The van der Waals surface area contributed by atoms with Crippen molar-refractivity contribution >= 4 is 35.1 Å². The molecule has 0 saturated carbocycles. The maximum absolute atomic E-state index is 13.6. The zero-order valence-corrected chi connectivity index (χ0v) is 26.2. The standard InChI is InChI=1S/C35H38ClN5OS/c1-26-15-17-39(18-16-26)32-24-31(36)37-35(38-32)43-25-27-9-8-14-30(23-27)34(42)41-21-19-40(20-22-41)33(28-10-4-2-5-11-28)29-12-6-3-7-13-29/h2-14,23-24,26,33H,15-22,25H2,1H3. The Balaban J connectivity index is 1.08. The zero-order chi connectivity index (χ0) is 29.6. The molecule has 43 heavy (non-hydrogen) atoms. The molecule has 2 aliphatic heterocycles. The average molecular weight is 612 g/mol. The number of thioether (sulfide) groups is 1. The van der Waals surface area contributed by atoms with Gasteiger partial charge in [-0.15, -0.1) is 0 Å². The molecule has 4 aromatic rings. The summed E-state index contributed by atoms with van der Waals surface area (Å²) in [5.41, 5.74) is 4.35. The summed E-state index contributed by atoms with van der Waals surface area (Å²) < 4.78 is 0. The lowest BCUT2D eigenvalue weighted by Crippen LogP contribution is -2.49. The first-order valence-corrected chi connectivity index (χ1v) is 16.5. The lowest BCUT2D eigenvalue weighted by molar-refractivity contribution is 0.0597. The van der Waals surface area contributed by atoms with E-state index in [9.17, 15) is 4.79 Å². The van der Waals surface area contributed by atoms with E-state index < -0.39 is 0 Å². The number of carbonyl (C=O) groups is 1. The second-order valence-corrected chi connectivity index (χ2v) is 12.9. The number of piperidine rings is 1. The lowest BCUT2D eigenvalue weighted by Gasteiger charge is -2.39. The maximum atomic E-state index is 13.6. The van der Waals surface area contributed by atoms with Crippen molar-refractivity contribution in [1.82, 2.24) is 19.8 Å². The lowest BCUT2D eigenvalue weighted by atomic mass is 9.96. The van der Waals surface area contributed by atoms with E-state index in [1.165, 1.54) is 24.0 Å². The monoisotopic (exact) mass is 611 g/mol. The van der Waals surface area contributed by atoms with Crippen molar-refractivity contribution in [2.75, 3.05) is 44.2 Å². The molecule has 3 heterocycles. The van der Waals surface area contributed by atoms with Gasteiger partial charge in [0, 0.05) is 56.7 Å². The topological polar surface area (TPSA) is 52.6 Å². The molecule has 0 spiro atoms. The molecule has 222 valence electrons. The van der Waals surface area contributed by atoms with Crippen LogP contribution in [0.5, 0.6) is 0 Å². The highest BCUT2D eigenvalue weighted by molar-refractivity contribution is 7.98. The highest BCUT2D eigenvalue weighted by Crippen LogP contribution is 2.30. The SMILES string of the molecule is CC1CCN(c2cc(Cl)nc(SCc3cccc(C(=O)N4CCN(C(c5ccccc5)c5ccccc5)CC4)c3)n2)CC1. The second-order valence-electron chi connectivity index (χ2n) is 11.5. The minimum atomic E-state index is 0.0862. The van der Waals surface area contributed by atoms with Crippen LogP contribution in [0.3, 0.4) is 0 Å². The number of halogens is 1. The average Bonchev–Trinajstić information content (AvgIpc) is 3.05. The van der Waals surface area contributed by atoms with Gasteiger partial charge in [-0.2, -0.15) is 0 Å². The van der Waals surface area contributed by atoms with Crippen molar-refractivity contribution in [3.63, 3.8) is 0 Å². The zero-order valence-electron chi connectivity index (χ0n) is 24.6. The first kappa shape index (κ1) is 29.7. The molecule has 0 N–H and O–H groups in total. The van der Waals surface area contributed by atoms with Crippen LogP contribution in [-0.4, -0.2) is 64.9 Å². The highest BCUT2D eigenvalue weighted by atomic mass is 35.5. The number of piperazine rings is 1. The molecule has 3 aromatic carbocycles. The van der Waals surface area contributed by atoms with Gasteiger partial charge in [0.2, 0.25) is 0 Å². The van der Waals surface area contributed by atoms with Gasteiger partial charge in [-0.25, -0.2) is 9.97 Å². The predicted molar refractivity (Wildman–Crippen MR) is 176 cm³/mol. The smallest absolute Gasteiger partial charge is 0.253 e. The van der Waals surface area contributed by atoms with Gasteiger partial charge in [-0.05, 0) is 47.6 Å². The quantitative estimate of drug-likeness (QED) is 0.119. The summed E-state index contributed by atoms with van der Waals surface area (Å²) in [6.45, 7) is 7.33. The van der Waals surface area contributed by atoms with Gasteiger partial charge in [0.1, 0.15) is 11.0 Å². The van der Waals surface area contributed by atoms with Crippen LogP contribution >= 0.6 is 23.4 Å². The minimum Gasteiger partial charge on any atom is -0.356 e. The Morgan fingerprint density at radius 2 is 1.49 bits per heavy atom. The molecule has 6 rings (SSSR count). The summed E-state index contributed by atoms with van der Waals surface area (Å²) >= 11 is 7.94. The predicted octanol–water partition coefficient (Wildman–Crippen LogP) is 7.21. The summed E-state index contributed by atoms with van der Waals surface area (Å²) in [6.07, 6.45) is 2.33. The van der Waals surface area contributed by atoms with Gasteiger partial charge >= 0.3 is 0 Å². The van der Waals surface area contributed by atoms with Crippen molar-refractivity contribution in [3.8, 4) is 0 Å². The van der Waals surface area contributed by atoms with Crippen LogP contribution in [0.15, 0.2) is 96.2 Å². The highest BCUT2D eigenvalue weighted by Gasteiger charge is 2.28. The molecular formula is C35H38ClN5OS. The Bertz CT molecular complexity index is 1470. The summed E-state index contributed by atoms with van der Waals surface area (Å²) in [6, 6.07) is 31.3. The van der Waals surface area contributed by atoms with E-state index in [-0.39, 0.29) is 11.9 Å². The van der Waals surface area contributed by atoms with E-state index in [1.54, 1.807) is 11.8 Å². The molecule has 0 radical (unpaired) electrons. The van der Waals surface area contributed by atoms with E-state index in [0.717, 1.165) is 49.0 Å². The number of amides is 1. The summed E-state index contributed by atoms with van der Waals surface area (Å²) in [5, 5.41) is 1.14. The minimum absolute atomic E-state index is 0.0862. The molecule has 1 aromatic heterocycles. The number of rotatable bonds is 8. The van der Waals surface area contributed by atoms with Gasteiger partial charge in [-0.3, -0.25) is 9.69 Å². The first-order valence-electron chi connectivity index (χ1n) is 15.2. The number of anilines is 1. The first-order chi connectivity index (χ1) is 21.0. The Labute approximate surface area is 264 Å². The van der Waals surface area contributed by atoms with Crippen LogP contribution in [0.1, 0.15) is 52.9 Å². The molecule has 0 bridgehead atoms. The fourth-order valence-corrected chi connectivity index (χ4v) is 7.07. The molecule has 0 aliphatic carbocycles. The van der Waals surface area contributed by atoms with E-state index in [4.69, 9.17) is 16.6 Å². The Morgan fingerprint density at radius 3 is 2.14 bits per heavy atom. The van der Waals surface area contributed by atoms with Gasteiger partial charge in [-0.1, -0.05) is 103 Å². The Morgan fingerprint density at radius 1 is 0.837 bits per heavy atom. The Hall–Kier alpha value is -3.39. The number of aromatic nitrogens is 2. The molecule has 1 amide bonds. The molecule has 2 aliphatic rings. The number of hydrogen-bond donors (Lipinski definition) is 0. The number of carbonyl (C=O) groups excluding carboxylic acids is 1. The normalized spacial score (nSPS) is 16.5. The van der Waals surface area contributed by atoms with Crippen molar-refractivity contribution < 1.29 is 4.79 Å². The fourth-order valence-electron chi connectivity index (χ4n) is 6.04. The molecule has 0 atom stereocenters. The molecule has 8 heteroatoms. The molecular weight excluding hydrogens is 574 g/mol. The second kappa shape index (κ2) is 13.9. The molecule has 6 nitrogen and oxygen atoms in total. The summed E-state index contributed by atoms with van der Waals surface area (Å²) in [5.74, 6) is 2.41. The third-order valence-electron chi connectivity index (χ3n) is 8.51. The number of hydrogen-bond acceptors (Lipinski definition) is 6. The van der Waals surface area contributed by atoms with Crippen LogP contribution in [0.2, 0.25) is 5.15 Å². The van der Waals surface area contributed by atoms with Crippen LogP contribution < -0.4 is 4.90 Å². The van der Waals surface area contributed by atoms with Gasteiger partial charge in [0.25, 0.3) is 5.91 Å². The summed E-state index contributed by atoms with van der Waals surface area (Å²) in [4.78, 5) is 29.6. The van der Waals surface area contributed by atoms with E-state index in [2.05, 4.69) is 88.4 Å². The van der Waals surface area contributed by atoms with Crippen molar-refractivity contribution in [2.24, 2.45) is 5.92 Å². The van der Waals surface area contributed by atoms with Crippen molar-refractivity contribution in [1.29, 1.82) is 0 Å². The molecule has 2 fully saturated rings. The van der Waals surface area contributed by atoms with E-state index >= 15 is 0 Å². The van der Waals surface area contributed by atoms with Crippen LogP contribution in [0.25, 0.3) is 0 Å². The van der Waals surface area contributed by atoms with Crippen molar-refractivity contribution in [3.05, 3.63) is 118 Å². The van der Waals surface area contributed by atoms with Gasteiger partial charge in [0.05, 0.1) is 6.04 Å². The fraction of sp³-hybridized carbons (Fsp3) is 0.343. The van der Waals surface area contributed by atoms with E-state index in [0.29, 0.717) is 29.2 Å². The van der Waals surface area contributed by atoms with Crippen LogP contribution in [-0.2, 0) is 5.75 Å². The third-order valence-corrected chi connectivity index (χ3v) is 9.62. The Kier molecular flexibility index (Phi) is 9.61. The van der Waals surface area contributed by atoms with E-state index in [1.807, 2.05) is 29.2 Å². The van der Waals surface area contributed by atoms with Crippen LogP contribution in [0.4, 0.5) is 5.82 Å². The summed E-state index contributed by atoms with van der Waals surface area (Å²) in [7, 11) is 0. The van der Waals surface area contributed by atoms with Crippen molar-refractivity contribution in [2.45, 2.75) is 36.7 Å². The van der Waals surface area contributed by atoms with Gasteiger partial charge in [0.15, 0.2) is 5.16 Å². The largest absolute Gasteiger partial charge is 0.356 e. The molecule has 0 unspecified atom stereocenters. The third kappa shape index (κ3) is 7.40. The van der Waals surface area contributed by atoms with Crippen LogP contribution in [0, 0.1) is 5.92 Å². The maximum Gasteiger partial charge on any atom is 0.253 e. The number of benzene rings is 3. The number of nitrogens with zero attached hydrogens (tertiary/aromatic N) is 5.